The van der Waals surface area contributed by atoms with Crippen LogP contribution in [0.2, 0.25) is 0 Å². The average molecular weight is 395 g/mol. The van der Waals surface area contributed by atoms with E-state index in [9.17, 15) is 9.18 Å². The number of hydrogen-bond donors (Lipinski definition) is 1. The van der Waals surface area contributed by atoms with Gasteiger partial charge in [0.2, 0.25) is 0 Å². The number of benzene rings is 1. The van der Waals surface area contributed by atoms with Crippen molar-refractivity contribution in [1.29, 1.82) is 0 Å². The Balaban J connectivity index is 1.46. The molecule has 1 aromatic carbocycles. The quantitative estimate of drug-likeness (QED) is 0.719. The zero-order valence-corrected chi connectivity index (χ0v) is 16.9. The van der Waals surface area contributed by atoms with E-state index in [-0.39, 0.29) is 11.7 Å². The number of fused-ring (bicyclic) bond motifs is 1. The minimum Gasteiger partial charge on any atom is -0.352 e. The smallest absolute Gasteiger partial charge is 0.253 e. The third kappa shape index (κ3) is 3.81. The van der Waals surface area contributed by atoms with Crippen molar-refractivity contribution < 1.29 is 9.18 Å². The van der Waals surface area contributed by atoms with Crippen molar-refractivity contribution in [2.75, 3.05) is 6.54 Å². The Labute approximate surface area is 169 Å². The van der Waals surface area contributed by atoms with Gasteiger partial charge in [0, 0.05) is 37.3 Å². The van der Waals surface area contributed by atoms with Gasteiger partial charge in [-0.3, -0.25) is 4.79 Å². The van der Waals surface area contributed by atoms with E-state index in [1.165, 1.54) is 12.5 Å². The van der Waals surface area contributed by atoms with Crippen LogP contribution in [0.4, 0.5) is 4.39 Å². The molecule has 1 amide bonds. The molecule has 1 N–H and O–H groups in total. The van der Waals surface area contributed by atoms with Crippen molar-refractivity contribution in [3.8, 4) is 5.69 Å². The molecule has 0 spiro atoms. The van der Waals surface area contributed by atoms with Crippen LogP contribution in [0.3, 0.4) is 0 Å². The van der Waals surface area contributed by atoms with E-state index in [2.05, 4.69) is 20.1 Å². The highest BCUT2D eigenvalue weighted by Crippen LogP contribution is 2.23. The minimum absolute atomic E-state index is 0.156. The van der Waals surface area contributed by atoms with E-state index in [0.717, 1.165) is 48.8 Å². The molecule has 0 saturated carbocycles. The molecule has 0 saturated heterocycles. The number of nitrogens with zero attached hydrogens (tertiary/aromatic N) is 4. The third-order valence-corrected chi connectivity index (χ3v) is 5.59. The van der Waals surface area contributed by atoms with Gasteiger partial charge in [0.15, 0.2) is 0 Å². The Morgan fingerprint density at radius 2 is 2.00 bits per heavy atom. The molecule has 1 aliphatic heterocycles. The highest BCUT2D eigenvalue weighted by molar-refractivity contribution is 5.95. The van der Waals surface area contributed by atoms with Crippen molar-refractivity contribution in [2.24, 2.45) is 0 Å². The highest BCUT2D eigenvalue weighted by Gasteiger charge is 2.19. The predicted molar refractivity (Wildman–Crippen MR) is 109 cm³/mol. The van der Waals surface area contributed by atoms with Gasteiger partial charge in [-0.15, -0.1) is 10.2 Å². The second-order valence-electron chi connectivity index (χ2n) is 7.57. The molecule has 3 aromatic rings. The lowest BCUT2D eigenvalue weighted by Gasteiger charge is -2.11. The monoisotopic (exact) mass is 395 g/mol. The van der Waals surface area contributed by atoms with Gasteiger partial charge in [0.25, 0.3) is 5.91 Å². The molecule has 1 aliphatic rings. The van der Waals surface area contributed by atoms with Gasteiger partial charge in [-0.05, 0) is 44.9 Å². The zero-order chi connectivity index (χ0) is 20.4. The maximum atomic E-state index is 14.2. The Kier molecular flexibility index (Phi) is 5.47. The average Bonchev–Trinajstić information content (AvgIpc) is 3.12. The molecule has 0 radical (unpaired) electrons. The SMILES string of the molecule is Cc1cc(C(=O)NCCc2nnc3n2CCCCC3)c(C)n1-c1ccccc1F. The number of halogens is 1. The maximum absolute atomic E-state index is 14.2. The second-order valence-corrected chi connectivity index (χ2v) is 7.57. The first-order valence-corrected chi connectivity index (χ1v) is 10.2. The van der Waals surface area contributed by atoms with Gasteiger partial charge in [-0.1, -0.05) is 18.6 Å². The summed E-state index contributed by atoms with van der Waals surface area (Å²) in [6, 6.07) is 8.40. The largest absolute Gasteiger partial charge is 0.352 e. The Bertz CT molecular complexity index is 1040. The number of carbonyl (C=O) groups is 1. The Hall–Kier alpha value is -2.96. The first-order chi connectivity index (χ1) is 14.1. The number of aromatic nitrogens is 4. The first-order valence-electron chi connectivity index (χ1n) is 10.2. The number of amides is 1. The van der Waals surface area contributed by atoms with Crippen molar-refractivity contribution in [3.63, 3.8) is 0 Å². The van der Waals surface area contributed by atoms with Crippen LogP contribution < -0.4 is 5.32 Å². The van der Waals surface area contributed by atoms with Crippen LogP contribution in [0, 0.1) is 19.7 Å². The number of hydrogen-bond acceptors (Lipinski definition) is 3. The van der Waals surface area contributed by atoms with Crippen LogP contribution in [0.25, 0.3) is 5.69 Å². The topological polar surface area (TPSA) is 64.7 Å². The van der Waals surface area contributed by atoms with Gasteiger partial charge in [0.05, 0.1) is 11.3 Å². The molecule has 0 aliphatic carbocycles. The van der Waals surface area contributed by atoms with Crippen molar-refractivity contribution in [3.05, 3.63) is 64.7 Å². The Morgan fingerprint density at radius 3 is 2.83 bits per heavy atom. The lowest BCUT2D eigenvalue weighted by atomic mass is 10.2. The minimum atomic E-state index is -0.311. The molecule has 0 unspecified atom stereocenters. The molecule has 0 fully saturated rings. The lowest BCUT2D eigenvalue weighted by Crippen LogP contribution is -2.27. The number of carbonyl (C=O) groups excluding carboxylic acids is 1. The highest BCUT2D eigenvalue weighted by atomic mass is 19.1. The van der Waals surface area contributed by atoms with Crippen LogP contribution in [0.5, 0.6) is 0 Å². The van der Waals surface area contributed by atoms with Crippen LogP contribution in [-0.4, -0.2) is 31.8 Å². The van der Waals surface area contributed by atoms with Crippen LogP contribution >= 0.6 is 0 Å². The summed E-state index contributed by atoms with van der Waals surface area (Å²) in [6.45, 7) is 5.16. The molecule has 7 heteroatoms. The summed E-state index contributed by atoms with van der Waals surface area (Å²) in [5, 5.41) is 11.6. The van der Waals surface area contributed by atoms with Crippen LogP contribution in [-0.2, 0) is 19.4 Å². The number of para-hydroxylation sites is 1. The van der Waals surface area contributed by atoms with Gasteiger partial charge in [0.1, 0.15) is 17.5 Å². The van der Waals surface area contributed by atoms with E-state index >= 15 is 0 Å². The van der Waals surface area contributed by atoms with E-state index in [1.54, 1.807) is 28.8 Å². The fourth-order valence-corrected chi connectivity index (χ4v) is 4.11. The summed E-state index contributed by atoms with van der Waals surface area (Å²) in [7, 11) is 0. The van der Waals surface area contributed by atoms with Crippen LogP contribution in [0.1, 0.15) is 52.7 Å². The number of aryl methyl sites for hydroxylation is 2. The van der Waals surface area contributed by atoms with Gasteiger partial charge in [-0.2, -0.15) is 0 Å². The molecule has 6 nitrogen and oxygen atoms in total. The second kappa shape index (κ2) is 8.19. The summed E-state index contributed by atoms with van der Waals surface area (Å²) in [5.41, 5.74) is 2.56. The number of rotatable bonds is 5. The molecule has 0 bridgehead atoms. The summed E-state index contributed by atoms with van der Waals surface area (Å²) >= 11 is 0. The van der Waals surface area contributed by atoms with Crippen molar-refractivity contribution in [1.82, 2.24) is 24.6 Å². The summed E-state index contributed by atoms with van der Waals surface area (Å²) in [4.78, 5) is 12.8. The molecular formula is C22H26FN5O. The summed E-state index contributed by atoms with van der Waals surface area (Å²) in [6.07, 6.45) is 5.14. The predicted octanol–water partition coefficient (Wildman–Crippen LogP) is 3.52. The van der Waals surface area contributed by atoms with E-state index in [0.29, 0.717) is 24.2 Å². The number of nitrogens with one attached hydrogen (secondary N) is 1. The van der Waals surface area contributed by atoms with Crippen LogP contribution in [0.15, 0.2) is 30.3 Å². The molecular weight excluding hydrogens is 369 g/mol. The molecule has 4 rings (SSSR count). The molecule has 152 valence electrons. The van der Waals surface area contributed by atoms with E-state index < -0.39 is 0 Å². The summed E-state index contributed by atoms with van der Waals surface area (Å²) in [5.74, 6) is 1.52. The normalized spacial score (nSPS) is 13.8. The standard InChI is InChI=1S/C22H26FN5O/c1-15-14-17(16(2)28(15)19-9-6-5-8-18(19)23)22(29)24-12-11-21-26-25-20-10-4-3-7-13-27(20)21/h5-6,8-9,14H,3-4,7,10-13H2,1-2H3,(H,24,29). The van der Waals surface area contributed by atoms with Gasteiger partial charge >= 0.3 is 0 Å². The van der Waals surface area contributed by atoms with Gasteiger partial charge < -0.3 is 14.5 Å². The molecule has 29 heavy (non-hydrogen) atoms. The molecule has 0 atom stereocenters. The maximum Gasteiger partial charge on any atom is 0.253 e. The fraction of sp³-hybridized carbons (Fsp3) is 0.409. The first kappa shape index (κ1) is 19.4. The lowest BCUT2D eigenvalue weighted by molar-refractivity contribution is 0.0953. The third-order valence-electron chi connectivity index (χ3n) is 5.59. The summed E-state index contributed by atoms with van der Waals surface area (Å²) < 4.78 is 18.2. The molecule has 2 aromatic heterocycles. The van der Waals surface area contributed by atoms with E-state index in [4.69, 9.17) is 0 Å². The van der Waals surface area contributed by atoms with Crippen molar-refractivity contribution >= 4 is 5.91 Å². The van der Waals surface area contributed by atoms with E-state index in [1.807, 2.05) is 13.8 Å². The van der Waals surface area contributed by atoms with Gasteiger partial charge in [-0.25, -0.2) is 4.39 Å². The zero-order valence-electron chi connectivity index (χ0n) is 16.9. The molecule has 3 heterocycles. The fourth-order valence-electron chi connectivity index (χ4n) is 4.11. The Morgan fingerprint density at radius 1 is 1.17 bits per heavy atom. The van der Waals surface area contributed by atoms with Crippen molar-refractivity contribution in [2.45, 2.75) is 52.5 Å².